The lowest BCUT2D eigenvalue weighted by Crippen LogP contribution is -1.90. The van der Waals surface area contributed by atoms with E-state index in [-0.39, 0.29) is 0 Å². The molecule has 3 rings (SSSR count). The summed E-state index contributed by atoms with van der Waals surface area (Å²) in [6.45, 7) is 4.28. The summed E-state index contributed by atoms with van der Waals surface area (Å²) < 4.78 is 0. The number of aromatic nitrogens is 2. The lowest BCUT2D eigenvalue weighted by atomic mass is 10.1. The fraction of sp³-hybridized carbons (Fsp3) is 0.235. The molecular formula is C17H18N2. The van der Waals surface area contributed by atoms with E-state index in [4.69, 9.17) is 0 Å². The van der Waals surface area contributed by atoms with Crippen molar-refractivity contribution in [2.75, 3.05) is 0 Å². The van der Waals surface area contributed by atoms with E-state index in [0.717, 1.165) is 29.7 Å². The molecule has 96 valence electrons. The van der Waals surface area contributed by atoms with Gasteiger partial charge in [0.05, 0.1) is 11.0 Å². The number of aryl methyl sites for hydroxylation is 2. The van der Waals surface area contributed by atoms with Crippen LogP contribution in [0.1, 0.15) is 29.4 Å². The maximum Gasteiger partial charge on any atom is 0.111 e. The van der Waals surface area contributed by atoms with Gasteiger partial charge in [-0.2, -0.15) is 0 Å². The van der Waals surface area contributed by atoms with Crippen LogP contribution in [0.5, 0.6) is 0 Å². The molecule has 0 aliphatic heterocycles. The lowest BCUT2D eigenvalue weighted by Gasteiger charge is -1.98. The molecule has 3 aromatic rings. The van der Waals surface area contributed by atoms with Crippen molar-refractivity contribution >= 4 is 11.0 Å². The smallest absolute Gasteiger partial charge is 0.111 e. The Labute approximate surface area is 113 Å². The predicted octanol–water partition coefficient (Wildman–Crippen LogP) is 4.02. The van der Waals surface area contributed by atoms with Crippen molar-refractivity contribution in [3.63, 3.8) is 0 Å². The third-order valence-corrected chi connectivity index (χ3v) is 3.50. The van der Waals surface area contributed by atoms with Crippen molar-refractivity contribution in [3.05, 3.63) is 65.0 Å². The largest absolute Gasteiger partial charge is 0.342 e. The molecular weight excluding hydrogens is 232 g/mol. The molecule has 2 nitrogen and oxygen atoms in total. The SMILES string of the molecule is CCc1ccc2nc(Cc3ccc(C)cc3)[nH]c2c1. The second kappa shape index (κ2) is 4.88. The van der Waals surface area contributed by atoms with Crippen LogP contribution in [0.2, 0.25) is 0 Å². The zero-order chi connectivity index (χ0) is 13.2. The van der Waals surface area contributed by atoms with Crippen molar-refractivity contribution in [1.82, 2.24) is 9.97 Å². The zero-order valence-corrected chi connectivity index (χ0v) is 11.4. The van der Waals surface area contributed by atoms with Crippen LogP contribution in [-0.4, -0.2) is 9.97 Å². The van der Waals surface area contributed by atoms with E-state index >= 15 is 0 Å². The Kier molecular flexibility index (Phi) is 3.08. The lowest BCUT2D eigenvalue weighted by molar-refractivity contribution is 1.04. The highest BCUT2D eigenvalue weighted by molar-refractivity contribution is 5.75. The maximum absolute atomic E-state index is 4.65. The number of fused-ring (bicyclic) bond motifs is 1. The number of hydrogen-bond acceptors (Lipinski definition) is 1. The van der Waals surface area contributed by atoms with Crippen LogP contribution in [0.15, 0.2) is 42.5 Å². The Morgan fingerprint density at radius 1 is 1.00 bits per heavy atom. The molecule has 0 amide bonds. The van der Waals surface area contributed by atoms with Gasteiger partial charge in [0.2, 0.25) is 0 Å². The molecule has 0 atom stereocenters. The molecule has 0 saturated heterocycles. The first-order valence-corrected chi connectivity index (χ1v) is 6.77. The molecule has 1 N–H and O–H groups in total. The van der Waals surface area contributed by atoms with Crippen LogP contribution < -0.4 is 0 Å². The van der Waals surface area contributed by atoms with Crippen LogP contribution in [0.4, 0.5) is 0 Å². The number of hydrogen-bond donors (Lipinski definition) is 1. The van der Waals surface area contributed by atoms with Crippen LogP contribution in [0, 0.1) is 6.92 Å². The molecule has 0 fully saturated rings. The first-order chi connectivity index (χ1) is 9.24. The van der Waals surface area contributed by atoms with Crippen molar-refractivity contribution in [3.8, 4) is 0 Å². The zero-order valence-electron chi connectivity index (χ0n) is 11.4. The summed E-state index contributed by atoms with van der Waals surface area (Å²) in [7, 11) is 0. The van der Waals surface area contributed by atoms with Crippen molar-refractivity contribution in [2.24, 2.45) is 0 Å². The Morgan fingerprint density at radius 2 is 1.74 bits per heavy atom. The quantitative estimate of drug-likeness (QED) is 0.747. The van der Waals surface area contributed by atoms with Gasteiger partial charge in [0.1, 0.15) is 5.82 Å². The number of nitrogens with zero attached hydrogens (tertiary/aromatic N) is 1. The minimum atomic E-state index is 0.858. The van der Waals surface area contributed by atoms with Gasteiger partial charge < -0.3 is 4.98 Å². The van der Waals surface area contributed by atoms with Crippen LogP contribution >= 0.6 is 0 Å². The topological polar surface area (TPSA) is 28.7 Å². The summed E-state index contributed by atoms with van der Waals surface area (Å²) in [5, 5.41) is 0. The van der Waals surface area contributed by atoms with E-state index < -0.39 is 0 Å². The standard InChI is InChI=1S/C17H18N2/c1-3-13-8-9-15-16(10-13)19-17(18-15)11-14-6-4-12(2)5-7-14/h4-10H,3,11H2,1-2H3,(H,18,19). The molecule has 2 heteroatoms. The monoisotopic (exact) mass is 250 g/mol. The van der Waals surface area contributed by atoms with E-state index in [2.05, 4.69) is 66.3 Å². The van der Waals surface area contributed by atoms with Gasteiger partial charge in [-0.3, -0.25) is 0 Å². The molecule has 1 aromatic heterocycles. The van der Waals surface area contributed by atoms with Gasteiger partial charge in [0.25, 0.3) is 0 Å². The summed E-state index contributed by atoms with van der Waals surface area (Å²) in [6.07, 6.45) is 1.92. The number of benzene rings is 2. The fourth-order valence-corrected chi connectivity index (χ4v) is 2.31. The van der Waals surface area contributed by atoms with Gasteiger partial charge in [-0.25, -0.2) is 4.98 Å². The molecule has 0 aliphatic rings. The minimum absolute atomic E-state index is 0.858. The van der Waals surface area contributed by atoms with Crippen molar-refractivity contribution in [2.45, 2.75) is 26.7 Å². The Balaban J connectivity index is 1.90. The van der Waals surface area contributed by atoms with Gasteiger partial charge in [-0.05, 0) is 36.6 Å². The number of imidazole rings is 1. The Morgan fingerprint density at radius 3 is 2.47 bits per heavy atom. The first kappa shape index (κ1) is 12.0. The average molecular weight is 250 g/mol. The number of aromatic amines is 1. The summed E-state index contributed by atoms with van der Waals surface area (Å²) in [4.78, 5) is 8.07. The van der Waals surface area contributed by atoms with E-state index in [9.17, 15) is 0 Å². The van der Waals surface area contributed by atoms with E-state index in [0.29, 0.717) is 0 Å². The summed E-state index contributed by atoms with van der Waals surface area (Å²) in [5.41, 5.74) is 6.13. The van der Waals surface area contributed by atoms with Gasteiger partial charge in [0, 0.05) is 6.42 Å². The third kappa shape index (κ3) is 2.53. The van der Waals surface area contributed by atoms with Gasteiger partial charge >= 0.3 is 0 Å². The minimum Gasteiger partial charge on any atom is -0.342 e. The van der Waals surface area contributed by atoms with E-state index in [1.807, 2.05) is 0 Å². The van der Waals surface area contributed by atoms with E-state index in [1.54, 1.807) is 0 Å². The molecule has 1 heterocycles. The highest BCUT2D eigenvalue weighted by Gasteiger charge is 2.04. The van der Waals surface area contributed by atoms with Gasteiger partial charge in [0.15, 0.2) is 0 Å². The first-order valence-electron chi connectivity index (χ1n) is 6.77. The Bertz CT molecular complexity index is 693. The fourth-order valence-electron chi connectivity index (χ4n) is 2.31. The number of rotatable bonds is 3. The second-order valence-electron chi connectivity index (χ2n) is 5.05. The molecule has 0 bridgehead atoms. The molecule has 2 aromatic carbocycles. The molecule has 0 spiro atoms. The van der Waals surface area contributed by atoms with Crippen LogP contribution in [-0.2, 0) is 12.8 Å². The van der Waals surface area contributed by atoms with Crippen LogP contribution in [0.3, 0.4) is 0 Å². The molecule has 19 heavy (non-hydrogen) atoms. The van der Waals surface area contributed by atoms with Crippen LogP contribution in [0.25, 0.3) is 11.0 Å². The third-order valence-electron chi connectivity index (χ3n) is 3.50. The highest BCUT2D eigenvalue weighted by atomic mass is 14.9. The molecule has 0 saturated carbocycles. The average Bonchev–Trinajstić information content (AvgIpc) is 2.82. The predicted molar refractivity (Wildman–Crippen MR) is 79.5 cm³/mol. The van der Waals surface area contributed by atoms with Gasteiger partial charge in [-0.1, -0.05) is 42.8 Å². The second-order valence-corrected chi connectivity index (χ2v) is 5.05. The van der Waals surface area contributed by atoms with E-state index in [1.165, 1.54) is 16.7 Å². The number of nitrogens with one attached hydrogen (secondary N) is 1. The summed E-state index contributed by atoms with van der Waals surface area (Å²) in [6, 6.07) is 15.1. The van der Waals surface area contributed by atoms with Crippen molar-refractivity contribution in [1.29, 1.82) is 0 Å². The van der Waals surface area contributed by atoms with Crippen molar-refractivity contribution < 1.29 is 0 Å². The molecule has 0 unspecified atom stereocenters. The molecule has 0 radical (unpaired) electrons. The maximum atomic E-state index is 4.65. The summed E-state index contributed by atoms with van der Waals surface area (Å²) >= 11 is 0. The van der Waals surface area contributed by atoms with Gasteiger partial charge in [-0.15, -0.1) is 0 Å². The molecule has 0 aliphatic carbocycles. The summed E-state index contributed by atoms with van der Waals surface area (Å²) in [5.74, 6) is 1.03. The highest BCUT2D eigenvalue weighted by Crippen LogP contribution is 2.16. The Hall–Kier alpha value is -2.09. The number of H-pyrrole nitrogens is 1. The normalized spacial score (nSPS) is 11.1.